The molecule has 1 N–H and O–H groups in total. The first-order valence-corrected chi connectivity index (χ1v) is 12.0. The Morgan fingerprint density at radius 1 is 0.629 bits per heavy atom. The maximum Gasteiger partial charge on any atom is 0.186 e. The Bertz CT molecular complexity index is 968. The monoisotopic (exact) mass is 478 g/mol. The van der Waals surface area contributed by atoms with E-state index in [0.717, 1.165) is 16.7 Å². The van der Waals surface area contributed by atoms with Crippen molar-refractivity contribution >= 4 is 0 Å². The molecule has 5 atom stereocenters. The SMILES string of the molecule is CO[C@H]1O[C@@H](CCO)[C@@H](OCc2ccccc2)[C@@H](OCc2ccccc2)[C@H]1OCc1ccccc1. The van der Waals surface area contributed by atoms with Crippen molar-refractivity contribution in [2.24, 2.45) is 0 Å². The van der Waals surface area contributed by atoms with E-state index in [0.29, 0.717) is 26.2 Å². The van der Waals surface area contributed by atoms with Crippen LogP contribution in [-0.2, 0) is 43.5 Å². The van der Waals surface area contributed by atoms with Crippen molar-refractivity contribution in [3.05, 3.63) is 108 Å². The number of methoxy groups -OCH3 is 1. The van der Waals surface area contributed by atoms with Crippen LogP contribution >= 0.6 is 0 Å². The van der Waals surface area contributed by atoms with Crippen molar-refractivity contribution in [3.8, 4) is 0 Å². The molecule has 3 aromatic rings. The van der Waals surface area contributed by atoms with Gasteiger partial charge in [0.25, 0.3) is 0 Å². The van der Waals surface area contributed by atoms with Gasteiger partial charge in [-0.2, -0.15) is 0 Å². The molecule has 35 heavy (non-hydrogen) atoms. The molecule has 6 nitrogen and oxygen atoms in total. The summed E-state index contributed by atoms with van der Waals surface area (Å²) in [6.07, 6.45) is -2.13. The van der Waals surface area contributed by atoms with E-state index < -0.39 is 30.7 Å². The molecule has 1 heterocycles. The number of hydrogen-bond donors (Lipinski definition) is 1. The molecule has 1 aliphatic rings. The molecule has 0 radical (unpaired) electrons. The van der Waals surface area contributed by atoms with Crippen LogP contribution in [0.15, 0.2) is 91.0 Å². The zero-order valence-electron chi connectivity index (χ0n) is 20.1. The topological polar surface area (TPSA) is 66.4 Å². The number of benzene rings is 3. The van der Waals surface area contributed by atoms with Gasteiger partial charge >= 0.3 is 0 Å². The van der Waals surface area contributed by atoms with Gasteiger partial charge in [-0.1, -0.05) is 91.0 Å². The maximum absolute atomic E-state index is 9.74. The van der Waals surface area contributed by atoms with E-state index >= 15 is 0 Å². The predicted octanol–water partition coefficient (Wildman–Crippen LogP) is 4.50. The Labute approximate surface area is 207 Å². The van der Waals surface area contributed by atoms with Crippen molar-refractivity contribution in [1.29, 1.82) is 0 Å². The van der Waals surface area contributed by atoms with Crippen LogP contribution in [0.2, 0.25) is 0 Å². The fourth-order valence-corrected chi connectivity index (χ4v) is 4.30. The minimum absolute atomic E-state index is 0.0345. The second-order valence-electron chi connectivity index (χ2n) is 8.57. The molecular formula is C29H34O6. The van der Waals surface area contributed by atoms with E-state index in [1.165, 1.54) is 0 Å². The van der Waals surface area contributed by atoms with Gasteiger partial charge < -0.3 is 28.8 Å². The van der Waals surface area contributed by atoms with Crippen LogP contribution in [0, 0.1) is 0 Å². The Balaban J connectivity index is 1.58. The van der Waals surface area contributed by atoms with E-state index in [4.69, 9.17) is 23.7 Å². The standard InChI is InChI=1S/C29H34O6/c1-31-29-28(34-21-24-15-9-4-10-16-24)27(33-20-23-13-7-3-8-14-23)26(25(35-29)17-18-30)32-19-22-11-5-2-6-12-22/h2-16,25-30H,17-21H2,1H3/t25-,26+,27+,28+,29-/m0/s1. The van der Waals surface area contributed by atoms with Crippen molar-refractivity contribution in [2.75, 3.05) is 13.7 Å². The highest BCUT2D eigenvalue weighted by molar-refractivity contribution is 5.15. The summed E-state index contributed by atoms with van der Waals surface area (Å²) in [4.78, 5) is 0. The summed E-state index contributed by atoms with van der Waals surface area (Å²) in [6.45, 7) is 1.14. The molecule has 0 bridgehead atoms. The van der Waals surface area contributed by atoms with Crippen LogP contribution in [0.25, 0.3) is 0 Å². The van der Waals surface area contributed by atoms with Gasteiger partial charge in [-0.3, -0.25) is 0 Å². The number of aliphatic hydroxyl groups excluding tert-OH is 1. The summed E-state index contributed by atoms with van der Waals surface area (Å²) in [5.41, 5.74) is 3.14. The second kappa shape index (κ2) is 13.5. The lowest BCUT2D eigenvalue weighted by Gasteiger charge is -2.45. The Hall–Kier alpha value is -2.58. The molecule has 4 rings (SSSR count). The first-order valence-electron chi connectivity index (χ1n) is 12.0. The van der Waals surface area contributed by atoms with Gasteiger partial charge in [0.05, 0.1) is 25.9 Å². The molecule has 3 aromatic carbocycles. The normalized spacial score (nSPS) is 24.3. The summed E-state index contributed by atoms with van der Waals surface area (Å²) in [7, 11) is 1.60. The summed E-state index contributed by atoms with van der Waals surface area (Å²) in [5.74, 6) is 0. The number of aliphatic hydroxyl groups is 1. The molecule has 0 aliphatic carbocycles. The van der Waals surface area contributed by atoms with E-state index in [9.17, 15) is 5.11 Å². The molecule has 0 unspecified atom stereocenters. The average molecular weight is 479 g/mol. The van der Waals surface area contributed by atoms with Gasteiger partial charge in [0, 0.05) is 13.7 Å². The smallest absolute Gasteiger partial charge is 0.186 e. The average Bonchev–Trinajstić information content (AvgIpc) is 2.92. The highest BCUT2D eigenvalue weighted by Gasteiger charge is 2.48. The third-order valence-electron chi connectivity index (χ3n) is 6.09. The minimum Gasteiger partial charge on any atom is -0.396 e. The van der Waals surface area contributed by atoms with E-state index in [1.54, 1.807) is 7.11 Å². The molecule has 1 fully saturated rings. The first-order chi connectivity index (χ1) is 17.3. The molecular weight excluding hydrogens is 444 g/mol. The van der Waals surface area contributed by atoms with Crippen molar-refractivity contribution in [2.45, 2.75) is 56.9 Å². The highest BCUT2D eigenvalue weighted by Crippen LogP contribution is 2.32. The largest absolute Gasteiger partial charge is 0.396 e. The lowest BCUT2D eigenvalue weighted by Crippen LogP contribution is -2.60. The van der Waals surface area contributed by atoms with Crippen LogP contribution in [0.1, 0.15) is 23.1 Å². The fourth-order valence-electron chi connectivity index (χ4n) is 4.30. The zero-order valence-corrected chi connectivity index (χ0v) is 20.1. The highest BCUT2D eigenvalue weighted by atomic mass is 16.7. The van der Waals surface area contributed by atoms with Gasteiger partial charge in [-0.15, -0.1) is 0 Å². The first kappa shape index (κ1) is 25.5. The van der Waals surface area contributed by atoms with Gasteiger partial charge in [-0.05, 0) is 23.1 Å². The number of hydrogen-bond acceptors (Lipinski definition) is 6. The molecule has 1 saturated heterocycles. The van der Waals surface area contributed by atoms with Crippen molar-refractivity contribution < 1.29 is 28.8 Å². The van der Waals surface area contributed by atoms with Crippen LogP contribution in [0.4, 0.5) is 0 Å². The third-order valence-corrected chi connectivity index (χ3v) is 6.09. The molecule has 0 spiro atoms. The molecule has 1 aliphatic heterocycles. The Morgan fingerprint density at radius 2 is 1.06 bits per heavy atom. The van der Waals surface area contributed by atoms with Crippen LogP contribution in [-0.4, -0.2) is 49.5 Å². The molecule has 186 valence electrons. The lowest BCUT2D eigenvalue weighted by molar-refractivity contribution is -0.319. The fraction of sp³-hybridized carbons (Fsp3) is 0.379. The minimum atomic E-state index is -0.660. The molecule has 0 saturated carbocycles. The van der Waals surface area contributed by atoms with Gasteiger partial charge in [0.15, 0.2) is 6.29 Å². The van der Waals surface area contributed by atoms with Gasteiger partial charge in [0.2, 0.25) is 0 Å². The third kappa shape index (κ3) is 7.21. The van der Waals surface area contributed by atoms with E-state index in [1.807, 2.05) is 91.0 Å². The summed E-state index contributed by atoms with van der Waals surface area (Å²) in [6, 6.07) is 30.0. The molecule has 0 aromatic heterocycles. The second-order valence-corrected chi connectivity index (χ2v) is 8.57. The van der Waals surface area contributed by atoms with Crippen LogP contribution in [0.3, 0.4) is 0 Å². The number of ether oxygens (including phenoxy) is 5. The zero-order chi connectivity index (χ0) is 24.3. The van der Waals surface area contributed by atoms with Crippen LogP contribution in [0.5, 0.6) is 0 Å². The predicted molar refractivity (Wildman–Crippen MR) is 132 cm³/mol. The summed E-state index contributed by atoms with van der Waals surface area (Å²) in [5, 5.41) is 9.74. The van der Waals surface area contributed by atoms with Gasteiger partial charge in [-0.25, -0.2) is 0 Å². The molecule has 6 heteroatoms. The van der Waals surface area contributed by atoms with Gasteiger partial charge in [0.1, 0.15) is 18.3 Å². The maximum atomic E-state index is 9.74. The van der Waals surface area contributed by atoms with Crippen molar-refractivity contribution in [3.63, 3.8) is 0 Å². The summed E-state index contributed by atoms with van der Waals surface area (Å²) >= 11 is 0. The summed E-state index contributed by atoms with van der Waals surface area (Å²) < 4.78 is 31.2. The number of rotatable bonds is 12. The Kier molecular flexibility index (Phi) is 9.84. The lowest BCUT2D eigenvalue weighted by atomic mass is 9.95. The molecule has 0 amide bonds. The quantitative estimate of drug-likeness (QED) is 0.414. The van der Waals surface area contributed by atoms with E-state index in [2.05, 4.69) is 0 Å². The van der Waals surface area contributed by atoms with Crippen LogP contribution < -0.4 is 0 Å². The van der Waals surface area contributed by atoms with E-state index in [-0.39, 0.29) is 6.61 Å². The van der Waals surface area contributed by atoms with Crippen molar-refractivity contribution in [1.82, 2.24) is 0 Å². The Morgan fingerprint density at radius 3 is 1.49 bits per heavy atom.